The summed E-state index contributed by atoms with van der Waals surface area (Å²) in [6.07, 6.45) is -6.09. The Morgan fingerprint density at radius 3 is 2.22 bits per heavy atom. The molecule has 2 aromatic rings. The summed E-state index contributed by atoms with van der Waals surface area (Å²) in [7, 11) is 0. The first kappa shape index (κ1) is 33.1. The molecule has 1 aromatic carbocycles. The first-order valence-corrected chi connectivity index (χ1v) is 14.0. The van der Waals surface area contributed by atoms with Gasteiger partial charge in [-0.1, -0.05) is 0 Å². The SMILES string of the molecule is CCOC(=O)N1CCN(C(=O)C(CCC(=O)O)c2nc3cc(OC(F)(F)F)ccc3c(OC3(C(=O)O)CCC3)c2C(N)=O)CC1. The highest BCUT2D eigenvalue weighted by atomic mass is 19.4. The lowest BCUT2D eigenvalue weighted by molar-refractivity contribution is -0.274. The average Bonchev–Trinajstić information content (AvgIpc) is 2.93. The van der Waals surface area contributed by atoms with Gasteiger partial charge in [-0.2, -0.15) is 0 Å². The summed E-state index contributed by atoms with van der Waals surface area (Å²) in [6.45, 7) is 1.96. The molecule has 1 saturated carbocycles. The van der Waals surface area contributed by atoms with Crippen molar-refractivity contribution in [2.45, 2.75) is 56.9 Å². The third kappa shape index (κ3) is 7.29. The topological polar surface area (TPSA) is 199 Å². The summed E-state index contributed by atoms with van der Waals surface area (Å²) in [4.78, 5) is 69.9. The second-order valence-corrected chi connectivity index (χ2v) is 10.5. The maximum absolute atomic E-state index is 13.9. The maximum atomic E-state index is 13.9. The number of carboxylic acid groups (broad SMARTS) is 2. The predicted octanol–water partition coefficient (Wildman–Crippen LogP) is 2.87. The number of benzene rings is 1. The second kappa shape index (κ2) is 13.0. The zero-order valence-electron chi connectivity index (χ0n) is 24.1. The normalized spacial score (nSPS) is 16.8. The molecule has 0 radical (unpaired) electrons. The van der Waals surface area contributed by atoms with Crippen LogP contribution in [0.25, 0.3) is 10.9 Å². The monoisotopic (exact) mass is 640 g/mol. The van der Waals surface area contributed by atoms with E-state index in [1.165, 1.54) is 9.80 Å². The lowest BCUT2D eigenvalue weighted by atomic mass is 9.80. The van der Waals surface area contributed by atoms with E-state index < -0.39 is 83.3 Å². The Bertz CT molecular complexity index is 1500. The van der Waals surface area contributed by atoms with Crippen LogP contribution in [0, 0.1) is 0 Å². The van der Waals surface area contributed by atoms with Crippen molar-refractivity contribution in [3.8, 4) is 11.5 Å². The number of nitrogens with zero attached hydrogens (tertiary/aromatic N) is 3. The van der Waals surface area contributed by atoms with E-state index in [0.717, 1.165) is 18.2 Å². The van der Waals surface area contributed by atoms with E-state index in [0.29, 0.717) is 6.42 Å². The third-order valence-corrected chi connectivity index (χ3v) is 7.66. The molecule has 1 unspecified atom stereocenters. The van der Waals surface area contributed by atoms with Gasteiger partial charge in [-0.05, 0) is 44.7 Å². The number of carbonyl (C=O) groups excluding carboxylic acids is 3. The van der Waals surface area contributed by atoms with Crippen LogP contribution >= 0.6 is 0 Å². The molecule has 0 bridgehead atoms. The largest absolute Gasteiger partial charge is 0.573 e. The number of hydrogen-bond acceptors (Lipinski definition) is 9. The van der Waals surface area contributed by atoms with Crippen LogP contribution in [0.15, 0.2) is 18.2 Å². The van der Waals surface area contributed by atoms with Crippen molar-refractivity contribution in [3.63, 3.8) is 0 Å². The summed E-state index contributed by atoms with van der Waals surface area (Å²) < 4.78 is 54.1. The molecule has 244 valence electrons. The van der Waals surface area contributed by atoms with Gasteiger partial charge in [-0.25, -0.2) is 9.59 Å². The molecule has 4 N–H and O–H groups in total. The highest BCUT2D eigenvalue weighted by Crippen LogP contribution is 2.44. The van der Waals surface area contributed by atoms with Gasteiger partial charge in [0.2, 0.25) is 11.5 Å². The summed E-state index contributed by atoms with van der Waals surface area (Å²) in [5.41, 5.74) is 2.80. The molecular formula is C28H31F3N4O10. The van der Waals surface area contributed by atoms with E-state index in [4.69, 9.17) is 15.2 Å². The van der Waals surface area contributed by atoms with E-state index in [9.17, 15) is 47.4 Å². The number of primary amides is 1. The molecule has 1 atom stereocenters. The summed E-state index contributed by atoms with van der Waals surface area (Å²) in [5.74, 6) is -7.12. The van der Waals surface area contributed by atoms with Gasteiger partial charge in [0.15, 0.2) is 0 Å². The lowest BCUT2D eigenvalue weighted by Gasteiger charge is -2.39. The number of rotatable bonds is 11. The third-order valence-electron chi connectivity index (χ3n) is 7.66. The van der Waals surface area contributed by atoms with Crippen LogP contribution < -0.4 is 15.2 Å². The van der Waals surface area contributed by atoms with Crippen molar-refractivity contribution < 1.29 is 61.6 Å². The molecule has 1 aliphatic heterocycles. The molecule has 14 nitrogen and oxygen atoms in total. The number of nitrogens with two attached hydrogens (primary N) is 1. The van der Waals surface area contributed by atoms with Crippen molar-refractivity contribution in [1.29, 1.82) is 0 Å². The van der Waals surface area contributed by atoms with Gasteiger partial charge in [-0.3, -0.25) is 19.4 Å². The molecule has 0 spiro atoms. The first-order chi connectivity index (χ1) is 21.2. The fraction of sp³-hybridized carbons (Fsp3) is 0.500. The van der Waals surface area contributed by atoms with Gasteiger partial charge < -0.3 is 40.0 Å². The van der Waals surface area contributed by atoms with Gasteiger partial charge in [0.1, 0.15) is 17.1 Å². The van der Waals surface area contributed by atoms with Crippen molar-refractivity contribution >= 4 is 40.7 Å². The highest BCUT2D eigenvalue weighted by Gasteiger charge is 2.48. The summed E-state index contributed by atoms with van der Waals surface area (Å²) in [6, 6.07) is 2.87. The molecule has 45 heavy (non-hydrogen) atoms. The number of aromatic nitrogens is 1. The zero-order valence-corrected chi connectivity index (χ0v) is 24.1. The second-order valence-electron chi connectivity index (χ2n) is 10.5. The molecule has 3 amide bonds. The van der Waals surface area contributed by atoms with Crippen LogP contribution in [-0.2, 0) is 19.1 Å². The van der Waals surface area contributed by atoms with E-state index in [1.54, 1.807) is 6.92 Å². The van der Waals surface area contributed by atoms with Gasteiger partial charge in [-0.15, -0.1) is 13.2 Å². The number of halogens is 3. The number of carbonyl (C=O) groups is 5. The predicted molar refractivity (Wildman–Crippen MR) is 147 cm³/mol. The number of carboxylic acids is 2. The Kier molecular flexibility index (Phi) is 9.58. The van der Waals surface area contributed by atoms with Crippen LogP contribution in [0.1, 0.15) is 61.0 Å². The molecule has 2 fully saturated rings. The van der Waals surface area contributed by atoms with E-state index in [1.807, 2.05) is 0 Å². The van der Waals surface area contributed by atoms with Gasteiger partial charge in [0.05, 0.1) is 23.7 Å². The van der Waals surface area contributed by atoms with Crippen molar-refractivity contribution in [2.75, 3.05) is 32.8 Å². The quantitative estimate of drug-likeness (QED) is 0.326. The minimum atomic E-state index is -5.08. The van der Waals surface area contributed by atoms with Gasteiger partial charge in [0, 0.05) is 44.1 Å². The first-order valence-electron chi connectivity index (χ1n) is 14.0. The van der Waals surface area contributed by atoms with Crippen LogP contribution in [0.2, 0.25) is 0 Å². The Hall–Kier alpha value is -4.83. The fourth-order valence-electron chi connectivity index (χ4n) is 5.27. The number of aliphatic carboxylic acids is 2. The molecule has 2 aliphatic rings. The van der Waals surface area contributed by atoms with E-state index in [-0.39, 0.29) is 56.5 Å². The lowest BCUT2D eigenvalue weighted by Crippen LogP contribution is -2.52. The van der Waals surface area contributed by atoms with Crippen molar-refractivity contribution in [2.24, 2.45) is 5.73 Å². The number of hydrogen-bond donors (Lipinski definition) is 3. The zero-order chi connectivity index (χ0) is 33.1. The maximum Gasteiger partial charge on any atom is 0.573 e. The van der Waals surface area contributed by atoms with E-state index >= 15 is 0 Å². The van der Waals surface area contributed by atoms with Gasteiger partial charge in [0.25, 0.3) is 5.91 Å². The number of piperazine rings is 1. The fourth-order valence-corrected chi connectivity index (χ4v) is 5.27. The Balaban J connectivity index is 1.86. The Labute approximate surface area is 253 Å². The number of alkyl halides is 3. The molecule has 1 aromatic heterocycles. The van der Waals surface area contributed by atoms with Crippen molar-refractivity contribution in [1.82, 2.24) is 14.8 Å². The van der Waals surface area contributed by atoms with E-state index in [2.05, 4.69) is 9.72 Å². The van der Waals surface area contributed by atoms with Crippen molar-refractivity contribution in [3.05, 3.63) is 29.5 Å². The minimum Gasteiger partial charge on any atom is -0.481 e. The van der Waals surface area contributed by atoms with Gasteiger partial charge >= 0.3 is 24.4 Å². The highest BCUT2D eigenvalue weighted by molar-refractivity contribution is 6.05. The molecule has 4 rings (SSSR count). The van der Waals surface area contributed by atoms with Crippen LogP contribution in [0.5, 0.6) is 11.5 Å². The molecule has 1 saturated heterocycles. The Morgan fingerprint density at radius 2 is 1.71 bits per heavy atom. The summed E-state index contributed by atoms with van der Waals surface area (Å²) >= 11 is 0. The standard InChI is InChI=1S/C28H31F3N4O10/c1-2-43-26(42)35-12-10-34(11-13-35)24(39)17(6-7-19(36)37)21-20(23(32)38)22(45-27(25(40)41)8-3-9-27)16-5-4-15(14-18(16)33-21)44-28(29,30)31/h4-5,14,17H,2-3,6-13H2,1H3,(H2,32,38)(H,36,37)(H,40,41). The molecule has 1 aliphatic carbocycles. The number of fused-ring (bicyclic) bond motifs is 1. The average molecular weight is 641 g/mol. The summed E-state index contributed by atoms with van der Waals surface area (Å²) in [5, 5.41) is 19.3. The number of amides is 3. The molecular weight excluding hydrogens is 609 g/mol. The minimum absolute atomic E-state index is 0.00968. The van der Waals surface area contributed by atoms with Crippen LogP contribution in [-0.4, -0.2) is 99.6 Å². The molecule has 2 heterocycles. The number of ether oxygens (including phenoxy) is 3. The smallest absolute Gasteiger partial charge is 0.481 e. The Morgan fingerprint density at radius 1 is 1.07 bits per heavy atom. The number of pyridine rings is 1. The van der Waals surface area contributed by atoms with Crippen LogP contribution in [0.3, 0.4) is 0 Å². The van der Waals surface area contributed by atoms with Crippen LogP contribution in [0.4, 0.5) is 18.0 Å². The molecule has 17 heteroatoms.